The second-order valence-electron chi connectivity index (χ2n) is 6.69. The molecule has 4 N–H and O–H groups in total. The molecule has 7 heteroatoms. The van der Waals surface area contributed by atoms with Gasteiger partial charge in [-0.3, -0.25) is 9.78 Å². The highest BCUT2D eigenvalue weighted by Gasteiger charge is 2.14. The monoisotopic (exact) mass is 441 g/mol. The molecule has 0 aliphatic heterocycles. The number of rotatable bonds is 2. The van der Waals surface area contributed by atoms with Crippen LogP contribution in [0.25, 0.3) is 32.9 Å². The molecule has 31 heavy (non-hydrogen) atoms. The molecule has 0 radical (unpaired) electrons. The highest BCUT2D eigenvalue weighted by atomic mass is 35.5. The molecule has 6 nitrogen and oxygen atoms in total. The molecule has 0 aliphatic rings. The van der Waals surface area contributed by atoms with E-state index in [1.54, 1.807) is 13.8 Å². The first-order valence-electron chi connectivity index (χ1n) is 9.98. The maximum absolute atomic E-state index is 9.82. The van der Waals surface area contributed by atoms with Gasteiger partial charge in [0.15, 0.2) is 0 Å². The van der Waals surface area contributed by atoms with Crippen molar-refractivity contribution < 1.29 is 14.6 Å². The first kappa shape index (κ1) is 24.2. The first-order valence-corrected chi connectivity index (χ1v) is 10.4. The Morgan fingerprint density at radius 3 is 2.48 bits per heavy atom. The zero-order valence-electron chi connectivity index (χ0n) is 18.2. The van der Waals surface area contributed by atoms with Gasteiger partial charge in [0.2, 0.25) is 0 Å². The number of carbonyl (C=O) groups excluding carboxylic acids is 1. The third-order valence-corrected chi connectivity index (χ3v) is 4.57. The summed E-state index contributed by atoms with van der Waals surface area (Å²) in [6.07, 6.45) is 1.82. The normalized spacial score (nSPS) is 10.1. The van der Waals surface area contributed by atoms with E-state index in [1.807, 2.05) is 48.7 Å². The predicted molar refractivity (Wildman–Crippen MR) is 128 cm³/mol. The number of carbonyl (C=O) groups is 1. The lowest BCUT2D eigenvalue weighted by Gasteiger charge is -2.07. The van der Waals surface area contributed by atoms with Crippen LogP contribution in [0.2, 0.25) is 5.02 Å². The smallest absolute Gasteiger partial charge is 0.302 e. The summed E-state index contributed by atoms with van der Waals surface area (Å²) in [5.41, 5.74) is 12.1. The summed E-state index contributed by atoms with van der Waals surface area (Å²) in [4.78, 5) is 17.7. The van der Waals surface area contributed by atoms with Gasteiger partial charge >= 0.3 is 5.97 Å². The van der Waals surface area contributed by atoms with Crippen molar-refractivity contribution in [3.05, 3.63) is 59.4 Å². The summed E-state index contributed by atoms with van der Waals surface area (Å²) in [5, 5.41) is 10.5. The third kappa shape index (κ3) is 6.20. The van der Waals surface area contributed by atoms with Crippen LogP contribution in [0.15, 0.2) is 48.7 Å². The highest BCUT2D eigenvalue weighted by molar-refractivity contribution is 6.31. The average Bonchev–Trinajstić information content (AvgIpc) is 3.03. The summed E-state index contributed by atoms with van der Waals surface area (Å²) < 4.78 is 4.40. The number of nitrogen functional groups attached to an aromatic ring is 1. The van der Waals surface area contributed by atoms with Crippen LogP contribution in [0.5, 0.6) is 0 Å². The van der Waals surface area contributed by atoms with Crippen molar-refractivity contribution in [2.45, 2.75) is 27.7 Å². The van der Waals surface area contributed by atoms with Crippen LogP contribution in [0, 0.1) is 6.92 Å². The van der Waals surface area contributed by atoms with E-state index < -0.39 is 0 Å². The van der Waals surface area contributed by atoms with Gasteiger partial charge in [0.05, 0.1) is 12.1 Å². The number of pyridine rings is 1. The Morgan fingerprint density at radius 2 is 1.87 bits per heavy atom. The predicted octanol–water partition coefficient (Wildman–Crippen LogP) is 5.50. The van der Waals surface area contributed by atoms with E-state index in [0.29, 0.717) is 11.6 Å². The number of aliphatic hydroxyl groups excluding tert-OH is 1. The number of aromatic nitrogens is 2. The summed E-state index contributed by atoms with van der Waals surface area (Å²) >= 11 is 6.08. The minimum atomic E-state index is -0.211. The van der Waals surface area contributed by atoms with Crippen LogP contribution in [-0.4, -0.2) is 34.3 Å². The number of nitrogens with zero attached hydrogens (tertiary/aromatic N) is 1. The molecule has 0 saturated heterocycles. The summed E-state index contributed by atoms with van der Waals surface area (Å²) in [6, 6.07) is 13.8. The zero-order valence-corrected chi connectivity index (χ0v) is 19.0. The number of aliphatic hydroxyl groups is 1. The number of fused-ring (bicyclic) bond motifs is 2. The number of ether oxygens (including phenoxy) is 1. The zero-order chi connectivity index (χ0) is 23.0. The van der Waals surface area contributed by atoms with E-state index in [9.17, 15) is 4.79 Å². The maximum atomic E-state index is 9.82. The quantitative estimate of drug-likeness (QED) is 0.282. The Hall–Kier alpha value is -3.09. The standard InChI is InChI=1S/C18H14ClN3.C4H8O2.C2H6O/c1-10-18(15-9-12(20)3-5-16(15)22-10)14-6-7-21-17-8-11(19)2-4-13(14)17;1-3-6-4(2)5;1-2-3/h2-9,22H,20H2,1H3;3H2,1-2H3;3H,2H2,1H3. The Bertz CT molecular complexity index is 1170. The molecular formula is C24H28ClN3O3. The van der Waals surface area contributed by atoms with E-state index in [1.165, 1.54) is 6.92 Å². The summed E-state index contributed by atoms with van der Waals surface area (Å²) in [7, 11) is 0. The molecular weight excluding hydrogens is 414 g/mol. The second kappa shape index (κ2) is 11.3. The van der Waals surface area contributed by atoms with E-state index in [-0.39, 0.29) is 12.6 Å². The van der Waals surface area contributed by atoms with Gasteiger partial charge in [-0.2, -0.15) is 0 Å². The molecule has 0 bridgehead atoms. The lowest BCUT2D eigenvalue weighted by molar-refractivity contribution is -0.140. The number of halogens is 1. The number of nitrogens with one attached hydrogen (secondary N) is 1. The number of hydrogen-bond donors (Lipinski definition) is 3. The van der Waals surface area contributed by atoms with Crippen LogP contribution >= 0.6 is 11.6 Å². The van der Waals surface area contributed by atoms with Crippen molar-refractivity contribution in [2.75, 3.05) is 18.9 Å². The number of esters is 1. The minimum Gasteiger partial charge on any atom is -0.466 e. The van der Waals surface area contributed by atoms with Crippen molar-refractivity contribution in [3.63, 3.8) is 0 Å². The lowest BCUT2D eigenvalue weighted by atomic mass is 9.98. The van der Waals surface area contributed by atoms with Gasteiger partial charge in [0.25, 0.3) is 0 Å². The lowest BCUT2D eigenvalue weighted by Crippen LogP contribution is -1.95. The van der Waals surface area contributed by atoms with Gasteiger partial charge in [-0.05, 0) is 62.7 Å². The van der Waals surface area contributed by atoms with Gasteiger partial charge in [-0.15, -0.1) is 0 Å². The molecule has 0 fully saturated rings. The van der Waals surface area contributed by atoms with Crippen LogP contribution in [-0.2, 0) is 9.53 Å². The van der Waals surface area contributed by atoms with E-state index in [0.717, 1.165) is 44.3 Å². The molecule has 0 unspecified atom stereocenters. The number of H-pyrrole nitrogens is 1. The fraction of sp³-hybridized carbons (Fsp3) is 0.250. The van der Waals surface area contributed by atoms with Crippen molar-refractivity contribution in [1.29, 1.82) is 0 Å². The molecule has 2 aromatic carbocycles. The molecule has 164 valence electrons. The molecule has 2 aromatic heterocycles. The molecule has 0 amide bonds. The molecule has 0 aliphatic carbocycles. The van der Waals surface area contributed by atoms with Crippen molar-refractivity contribution >= 4 is 45.1 Å². The summed E-state index contributed by atoms with van der Waals surface area (Å²) in [5.74, 6) is -0.211. The third-order valence-electron chi connectivity index (χ3n) is 4.33. The number of hydrogen-bond acceptors (Lipinski definition) is 5. The highest BCUT2D eigenvalue weighted by Crippen LogP contribution is 2.37. The van der Waals surface area contributed by atoms with Gasteiger partial charge in [-0.1, -0.05) is 17.7 Å². The number of anilines is 1. The van der Waals surface area contributed by atoms with E-state index in [2.05, 4.69) is 21.6 Å². The molecule has 4 aromatic rings. The van der Waals surface area contributed by atoms with Crippen LogP contribution in [0.1, 0.15) is 26.5 Å². The maximum Gasteiger partial charge on any atom is 0.302 e. The molecule has 0 atom stereocenters. The number of aromatic amines is 1. The SMILES string of the molecule is CCO.CCOC(C)=O.Cc1[nH]c2ccc(N)cc2c1-c1ccnc2cc(Cl)ccc12. The Labute approximate surface area is 187 Å². The Balaban J connectivity index is 0.000000325. The molecule has 0 spiro atoms. The van der Waals surface area contributed by atoms with Crippen LogP contribution < -0.4 is 5.73 Å². The molecule has 0 saturated carbocycles. The first-order chi connectivity index (χ1) is 14.8. The second-order valence-corrected chi connectivity index (χ2v) is 7.13. The van der Waals surface area contributed by atoms with Crippen molar-refractivity contribution in [1.82, 2.24) is 9.97 Å². The van der Waals surface area contributed by atoms with Gasteiger partial charge in [0.1, 0.15) is 0 Å². The largest absolute Gasteiger partial charge is 0.466 e. The van der Waals surface area contributed by atoms with Gasteiger partial charge < -0.3 is 20.6 Å². The number of aryl methyl sites for hydroxylation is 1. The minimum absolute atomic E-state index is 0.211. The number of benzene rings is 2. The van der Waals surface area contributed by atoms with Crippen LogP contribution in [0.4, 0.5) is 5.69 Å². The van der Waals surface area contributed by atoms with E-state index >= 15 is 0 Å². The molecule has 2 heterocycles. The number of nitrogens with two attached hydrogens (primary N) is 1. The summed E-state index contributed by atoms with van der Waals surface area (Å²) in [6.45, 7) is 7.66. The van der Waals surface area contributed by atoms with Crippen LogP contribution in [0.3, 0.4) is 0 Å². The van der Waals surface area contributed by atoms with E-state index in [4.69, 9.17) is 22.4 Å². The molecule has 4 rings (SSSR count). The van der Waals surface area contributed by atoms with Crippen molar-refractivity contribution in [2.24, 2.45) is 0 Å². The fourth-order valence-electron chi connectivity index (χ4n) is 3.23. The van der Waals surface area contributed by atoms with Crippen molar-refractivity contribution in [3.8, 4) is 11.1 Å². The van der Waals surface area contributed by atoms with Gasteiger partial charge in [0, 0.05) is 58.0 Å². The fourth-order valence-corrected chi connectivity index (χ4v) is 3.40. The Kier molecular flexibility index (Phi) is 8.85. The van der Waals surface area contributed by atoms with Gasteiger partial charge in [-0.25, -0.2) is 0 Å². The average molecular weight is 442 g/mol. The Morgan fingerprint density at radius 1 is 1.16 bits per heavy atom. The topological polar surface area (TPSA) is 101 Å².